The van der Waals surface area contributed by atoms with Gasteiger partial charge in [0.2, 0.25) is 0 Å². The second-order valence-electron chi connectivity index (χ2n) is 5.35. The fourth-order valence-electron chi connectivity index (χ4n) is 2.16. The quantitative estimate of drug-likeness (QED) is 0.664. The predicted molar refractivity (Wildman–Crippen MR) is 71.7 cm³/mol. The summed E-state index contributed by atoms with van der Waals surface area (Å²) < 4.78 is 0. The van der Waals surface area contributed by atoms with Gasteiger partial charge < -0.3 is 5.32 Å². The van der Waals surface area contributed by atoms with Crippen molar-refractivity contribution in [3.05, 3.63) is 17.6 Å². The van der Waals surface area contributed by atoms with Gasteiger partial charge in [-0.15, -0.1) is 11.6 Å². The summed E-state index contributed by atoms with van der Waals surface area (Å²) >= 11 is 5.95. The minimum Gasteiger partial charge on any atom is -0.364 e. The van der Waals surface area contributed by atoms with Crippen LogP contribution in [0.15, 0.2) is 6.33 Å². The monoisotopic (exact) mass is 253 g/mol. The van der Waals surface area contributed by atoms with Gasteiger partial charge in [0.15, 0.2) is 0 Å². The second kappa shape index (κ2) is 5.21. The number of nitrogens with one attached hydrogen (secondary N) is 1. The first kappa shape index (κ1) is 12.6. The molecule has 0 unspecified atom stereocenters. The van der Waals surface area contributed by atoms with Crippen molar-refractivity contribution in [2.75, 3.05) is 11.2 Å². The Bertz CT molecular complexity index is 390. The maximum Gasteiger partial charge on any atom is 0.133 e. The van der Waals surface area contributed by atoms with Crippen molar-refractivity contribution >= 4 is 17.4 Å². The van der Waals surface area contributed by atoms with Crippen molar-refractivity contribution in [2.45, 2.75) is 51.5 Å². The number of hydrogen-bond acceptors (Lipinski definition) is 3. The number of fused-ring (bicyclic) bond motifs is 1. The molecule has 4 heteroatoms. The third-order valence-electron chi connectivity index (χ3n) is 3.17. The average molecular weight is 254 g/mol. The van der Waals surface area contributed by atoms with Crippen LogP contribution in [0, 0.1) is 0 Å². The van der Waals surface area contributed by atoms with Gasteiger partial charge in [-0.3, -0.25) is 0 Å². The first-order valence-corrected chi connectivity index (χ1v) is 6.83. The minimum atomic E-state index is -0.129. The molecule has 1 aliphatic rings. The molecule has 0 atom stereocenters. The number of anilines is 1. The summed E-state index contributed by atoms with van der Waals surface area (Å²) in [4.78, 5) is 8.80. The molecule has 3 nitrogen and oxygen atoms in total. The maximum atomic E-state index is 5.95. The summed E-state index contributed by atoms with van der Waals surface area (Å²) in [5.74, 6) is 1.54. The highest BCUT2D eigenvalue weighted by Gasteiger charge is 2.20. The number of aryl methyl sites for hydroxylation is 1. The number of alkyl halides is 1. The Labute approximate surface area is 108 Å². The molecule has 0 aromatic carbocycles. The molecule has 0 bridgehead atoms. The van der Waals surface area contributed by atoms with Crippen LogP contribution < -0.4 is 5.32 Å². The van der Waals surface area contributed by atoms with Crippen LogP contribution in [0.2, 0.25) is 0 Å². The third-order valence-corrected chi connectivity index (χ3v) is 3.83. The van der Waals surface area contributed by atoms with Crippen molar-refractivity contribution in [1.82, 2.24) is 9.97 Å². The van der Waals surface area contributed by atoms with Crippen LogP contribution in [-0.4, -0.2) is 21.4 Å². The normalized spacial score (nSPS) is 16.2. The Kier molecular flexibility index (Phi) is 3.87. The number of hydrogen-bond donors (Lipinski definition) is 1. The van der Waals surface area contributed by atoms with Gasteiger partial charge in [0.05, 0.1) is 0 Å². The van der Waals surface area contributed by atoms with Crippen LogP contribution in [0.4, 0.5) is 5.82 Å². The van der Waals surface area contributed by atoms with Crippen molar-refractivity contribution in [3.8, 4) is 0 Å². The summed E-state index contributed by atoms with van der Waals surface area (Å²) in [6, 6.07) is 0. The molecule has 0 aliphatic heterocycles. The first-order valence-electron chi connectivity index (χ1n) is 6.29. The van der Waals surface area contributed by atoms with E-state index in [2.05, 4.69) is 29.1 Å². The van der Waals surface area contributed by atoms with Gasteiger partial charge in [0.25, 0.3) is 0 Å². The zero-order valence-electron chi connectivity index (χ0n) is 10.6. The Hall–Kier alpha value is -0.830. The average Bonchev–Trinajstić information content (AvgIpc) is 2.54. The molecule has 1 N–H and O–H groups in total. The lowest BCUT2D eigenvalue weighted by molar-refractivity contribution is 0.634. The number of halogens is 1. The molecule has 0 spiro atoms. The fourth-order valence-corrected chi connectivity index (χ4v) is 2.23. The predicted octanol–water partition coefficient (Wildman–Crippen LogP) is 3.17. The molecule has 94 valence electrons. The number of nitrogens with zero attached hydrogens (tertiary/aromatic N) is 2. The molecule has 0 amide bonds. The largest absolute Gasteiger partial charge is 0.364 e. The van der Waals surface area contributed by atoms with Crippen LogP contribution >= 0.6 is 11.6 Å². The highest BCUT2D eigenvalue weighted by molar-refractivity contribution is 6.18. The van der Waals surface area contributed by atoms with Crippen LogP contribution in [0.5, 0.6) is 0 Å². The number of aromatic nitrogens is 2. The molecule has 1 aromatic heterocycles. The molecule has 1 aliphatic carbocycles. The molecular formula is C13H20ClN3. The molecule has 2 rings (SSSR count). The van der Waals surface area contributed by atoms with E-state index < -0.39 is 0 Å². The van der Waals surface area contributed by atoms with Gasteiger partial charge in [-0.2, -0.15) is 0 Å². The Morgan fingerprint density at radius 1 is 1.24 bits per heavy atom. The lowest BCUT2D eigenvalue weighted by Gasteiger charge is -2.25. The molecule has 0 fully saturated rings. The van der Waals surface area contributed by atoms with E-state index in [9.17, 15) is 0 Å². The molecule has 0 saturated carbocycles. The minimum absolute atomic E-state index is 0.129. The summed E-state index contributed by atoms with van der Waals surface area (Å²) in [5, 5.41) is 3.44. The van der Waals surface area contributed by atoms with Crippen LogP contribution in [0.1, 0.15) is 44.4 Å². The number of rotatable bonds is 3. The molecule has 0 saturated heterocycles. The van der Waals surface area contributed by atoms with Gasteiger partial charge in [-0.05, 0) is 39.5 Å². The summed E-state index contributed by atoms with van der Waals surface area (Å²) in [5.41, 5.74) is 2.38. The topological polar surface area (TPSA) is 37.8 Å². The lowest BCUT2D eigenvalue weighted by atomic mass is 10.1. The van der Waals surface area contributed by atoms with Gasteiger partial charge in [0, 0.05) is 22.7 Å². The summed E-state index contributed by atoms with van der Waals surface area (Å²) in [7, 11) is 0. The summed E-state index contributed by atoms with van der Waals surface area (Å²) in [6.45, 7) is 4.18. The summed E-state index contributed by atoms with van der Waals surface area (Å²) in [6.07, 6.45) is 7.58. The molecule has 1 aromatic rings. The van der Waals surface area contributed by atoms with E-state index in [1.165, 1.54) is 30.5 Å². The highest BCUT2D eigenvalue weighted by Crippen LogP contribution is 2.26. The SMILES string of the molecule is CC(C)(CCl)Nc1ncnc2c1CCCCC2. The van der Waals surface area contributed by atoms with Crippen molar-refractivity contribution < 1.29 is 0 Å². The van der Waals surface area contributed by atoms with Gasteiger partial charge >= 0.3 is 0 Å². The van der Waals surface area contributed by atoms with E-state index in [0.29, 0.717) is 5.88 Å². The second-order valence-corrected chi connectivity index (χ2v) is 5.62. The zero-order chi connectivity index (χ0) is 12.3. The van der Waals surface area contributed by atoms with E-state index in [-0.39, 0.29) is 5.54 Å². The molecule has 0 radical (unpaired) electrons. The molecular weight excluding hydrogens is 234 g/mol. The van der Waals surface area contributed by atoms with Gasteiger partial charge in [0.1, 0.15) is 12.1 Å². The van der Waals surface area contributed by atoms with Crippen LogP contribution in [-0.2, 0) is 12.8 Å². The lowest BCUT2D eigenvalue weighted by Crippen LogP contribution is -2.33. The Morgan fingerprint density at radius 2 is 2.00 bits per heavy atom. The smallest absolute Gasteiger partial charge is 0.133 e. The van der Waals surface area contributed by atoms with Crippen LogP contribution in [0.25, 0.3) is 0 Å². The van der Waals surface area contributed by atoms with Crippen molar-refractivity contribution in [2.24, 2.45) is 0 Å². The Balaban J connectivity index is 2.28. The highest BCUT2D eigenvalue weighted by atomic mass is 35.5. The molecule has 17 heavy (non-hydrogen) atoms. The van der Waals surface area contributed by atoms with E-state index in [1.54, 1.807) is 6.33 Å². The zero-order valence-corrected chi connectivity index (χ0v) is 11.3. The van der Waals surface area contributed by atoms with Gasteiger partial charge in [-0.1, -0.05) is 6.42 Å². The Morgan fingerprint density at radius 3 is 2.76 bits per heavy atom. The molecule has 1 heterocycles. The van der Waals surface area contributed by atoms with E-state index in [1.807, 2.05) is 0 Å². The van der Waals surface area contributed by atoms with E-state index in [0.717, 1.165) is 18.7 Å². The van der Waals surface area contributed by atoms with E-state index in [4.69, 9.17) is 11.6 Å². The van der Waals surface area contributed by atoms with Crippen molar-refractivity contribution in [3.63, 3.8) is 0 Å². The standard InChI is InChI=1S/C13H20ClN3/c1-13(2,8-14)17-12-10-6-4-3-5-7-11(10)15-9-16-12/h9H,3-8H2,1-2H3,(H,15,16,17). The maximum absolute atomic E-state index is 5.95. The van der Waals surface area contributed by atoms with E-state index >= 15 is 0 Å². The van der Waals surface area contributed by atoms with Crippen molar-refractivity contribution in [1.29, 1.82) is 0 Å². The fraction of sp³-hybridized carbons (Fsp3) is 0.692. The van der Waals surface area contributed by atoms with Crippen LogP contribution in [0.3, 0.4) is 0 Å². The van der Waals surface area contributed by atoms with Gasteiger partial charge in [-0.25, -0.2) is 9.97 Å². The first-order chi connectivity index (χ1) is 8.12. The third kappa shape index (κ3) is 3.09.